The van der Waals surface area contributed by atoms with Crippen LogP contribution in [-0.4, -0.2) is 50.1 Å². The monoisotopic (exact) mass is 440 g/mol. The van der Waals surface area contributed by atoms with Crippen molar-refractivity contribution >= 4 is 21.6 Å². The zero-order valence-electron chi connectivity index (χ0n) is 17.5. The molecule has 31 heavy (non-hydrogen) atoms. The van der Waals surface area contributed by atoms with E-state index in [4.69, 9.17) is 4.74 Å². The number of aliphatic imine (C=N–C) groups is 1. The number of rotatable bonds is 8. The smallest absolute Gasteiger partial charge is 0.283 e. The highest BCUT2D eigenvalue weighted by molar-refractivity contribution is 7.91. The van der Waals surface area contributed by atoms with Crippen LogP contribution in [0.2, 0.25) is 0 Å². The fourth-order valence-corrected chi connectivity index (χ4v) is 6.09. The minimum Gasteiger partial charge on any atom is -0.376 e. The van der Waals surface area contributed by atoms with Crippen molar-refractivity contribution in [3.05, 3.63) is 71.8 Å². The van der Waals surface area contributed by atoms with Crippen LogP contribution in [0.4, 0.5) is 0 Å². The number of hydrogen-bond donors (Lipinski definition) is 0. The fraction of sp³-hybridized carbons (Fsp3) is 0.417. The highest BCUT2D eigenvalue weighted by Gasteiger charge is 2.51. The number of carbonyl (C=O) groups is 1. The van der Waals surface area contributed by atoms with E-state index >= 15 is 0 Å². The largest absolute Gasteiger partial charge is 0.376 e. The topological polar surface area (TPSA) is 76.0 Å². The van der Waals surface area contributed by atoms with Gasteiger partial charge in [-0.15, -0.1) is 0 Å². The number of nitrogens with zero attached hydrogens (tertiary/aromatic N) is 2. The molecule has 0 aliphatic carbocycles. The van der Waals surface area contributed by atoms with Crippen LogP contribution >= 0.6 is 0 Å². The van der Waals surface area contributed by atoms with Crippen molar-refractivity contribution in [3.8, 4) is 0 Å². The third kappa shape index (κ3) is 4.88. The van der Waals surface area contributed by atoms with Crippen LogP contribution < -0.4 is 0 Å². The summed E-state index contributed by atoms with van der Waals surface area (Å²) in [5.41, 5.74) is 1.97. The van der Waals surface area contributed by atoms with Crippen LogP contribution in [0.3, 0.4) is 0 Å². The summed E-state index contributed by atoms with van der Waals surface area (Å²) in [6, 6.07) is 19.1. The zero-order chi connectivity index (χ0) is 21.7. The molecule has 0 saturated carbocycles. The molecule has 2 unspecified atom stereocenters. The van der Waals surface area contributed by atoms with E-state index in [1.807, 2.05) is 24.3 Å². The van der Waals surface area contributed by atoms with Gasteiger partial charge in [0.15, 0.2) is 5.25 Å². The van der Waals surface area contributed by atoms with Crippen molar-refractivity contribution in [3.63, 3.8) is 0 Å². The van der Waals surface area contributed by atoms with Gasteiger partial charge in [-0.1, -0.05) is 60.7 Å². The predicted octanol–water partition coefficient (Wildman–Crippen LogP) is 3.54. The normalized spacial score (nSPS) is 24.2. The van der Waals surface area contributed by atoms with Crippen LogP contribution in [-0.2, 0) is 26.0 Å². The van der Waals surface area contributed by atoms with Crippen molar-refractivity contribution in [1.29, 1.82) is 0 Å². The maximum absolute atomic E-state index is 13.3. The number of unbranched alkanes of at least 4 members (excludes halogenated alkanes) is 1. The molecule has 2 aromatic carbocycles. The number of sulfonamides is 1. The van der Waals surface area contributed by atoms with E-state index in [2.05, 4.69) is 17.1 Å². The average molecular weight is 441 g/mol. The summed E-state index contributed by atoms with van der Waals surface area (Å²) in [5.74, 6) is -0.507. The lowest BCUT2D eigenvalue weighted by atomic mass is 10.1. The number of hydrogen-bond acceptors (Lipinski definition) is 5. The number of benzene rings is 2. The summed E-state index contributed by atoms with van der Waals surface area (Å²) in [7, 11) is -3.88. The van der Waals surface area contributed by atoms with E-state index in [0.717, 1.165) is 36.4 Å². The van der Waals surface area contributed by atoms with Gasteiger partial charge < -0.3 is 4.74 Å². The summed E-state index contributed by atoms with van der Waals surface area (Å²) >= 11 is 0. The lowest BCUT2D eigenvalue weighted by Gasteiger charge is -2.19. The van der Waals surface area contributed by atoms with E-state index in [-0.39, 0.29) is 18.4 Å². The Morgan fingerprint density at radius 2 is 1.71 bits per heavy atom. The molecule has 1 amide bonds. The first kappa shape index (κ1) is 21.7. The Kier molecular flexibility index (Phi) is 6.83. The van der Waals surface area contributed by atoms with Crippen molar-refractivity contribution in [1.82, 2.24) is 4.31 Å². The molecule has 2 atom stereocenters. The summed E-state index contributed by atoms with van der Waals surface area (Å²) in [6.07, 6.45) is 4.07. The molecule has 2 fully saturated rings. The molecule has 2 heterocycles. The molecule has 2 saturated heterocycles. The van der Waals surface area contributed by atoms with E-state index in [0.29, 0.717) is 18.7 Å². The lowest BCUT2D eigenvalue weighted by molar-refractivity contribution is -0.120. The molecule has 0 spiro atoms. The van der Waals surface area contributed by atoms with Gasteiger partial charge >= 0.3 is 0 Å². The Bertz CT molecular complexity index is 1020. The predicted molar refractivity (Wildman–Crippen MR) is 120 cm³/mol. The number of aryl methyl sites for hydroxylation is 1. The summed E-state index contributed by atoms with van der Waals surface area (Å²) in [4.78, 5) is 17.7. The lowest BCUT2D eigenvalue weighted by Crippen LogP contribution is -2.37. The molecule has 0 aromatic heterocycles. The zero-order valence-corrected chi connectivity index (χ0v) is 18.3. The van der Waals surface area contributed by atoms with Gasteiger partial charge in [0.1, 0.15) is 5.71 Å². The van der Waals surface area contributed by atoms with Crippen LogP contribution in [0.15, 0.2) is 65.7 Å². The molecule has 6 nitrogen and oxygen atoms in total. The molecule has 4 rings (SSSR count). The van der Waals surface area contributed by atoms with Gasteiger partial charge in [0, 0.05) is 13.2 Å². The minimum absolute atomic E-state index is 0.0670. The third-order valence-electron chi connectivity index (χ3n) is 5.79. The van der Waals surface area contributed by atoms with Crippen LogP contribution in [0, 0.1) is 0 Å². The Morgan fingerprint density at radius 3 is 2.39 bits per heavy atom. The SMILES string of the molecule is O=C1C(=NCCCCc2ccccc2)C(c2ccccc2)S(=O)(=O)N1CC1CCCO1. The van der Waals surface area contributed by atoms with Crippen molar-refractivity contribution < 1.29 is 17.9 Å². The average Bonchev–Trinajstić information content (AvgIpc) is 3.36. The second kappa shape index (κ2) is 9.75. The van der Waals surface area contributed by atoms with Crippen molar-refractivity contribution in [2.75, 3.05) is 19.7 Å². The van der Waals surface area contributed by atoms with Gasteiger partial charge in [0.25, 0.3) is 15.9 Å². The molecular weight excluding hydrogens is 412 g/mol. The van der Waals surface area contributed by atoms with Crippen LogP contribution in [0.5, 0.6) is 0 Å². The molecule has 0 radical (unpaired) electrons. The molecule has 7 heteroatoms. The fourth-order valence-electron chi connectivity index (χ4n) is 4.18. The number of ether oxygens (including phenoxy) is 1. The first-order valence-electron chi connectivity index (χ1n) is 10.9. The van der Waals surface area contributed by atoms with Gasteiger partial charge in [0.2, 0.25) is 0 Å². The second-order valence-electron chi connectivity index (χ2n) is 8.02. The maximum atomic E-state index is 13.3. The van der Waals surface area contributed by atoms with Crippen LogP contribution in [0.25, 0.3) is 0 Å². The maximum Gasteiger partial charge on any atom is 0.283 e. The Labute approximate surface area is 184 Å². The number of amides is 1. The van der Waals surface area contributed by atoms with E-state index < -0.39 is 21.2 Å². The minimum atomic E-state index is -3.88. The second-order valence-corrected chi connectivity index (χ2v) is 9.96. The highest BCUT2D eigenvalue weighted by Crippen LogP contribution is 2.35. The number of carbonyl (C=O) groups excluding carboxylic acids is 1. The summed E-state index contributed by atoms with van der Waals surface area (Å²) in [5, 5.41) is -1.04. The molecule has 0 bridgehead atoms. The van der Waals surface area contributed by atoms with Gasteiger partial charge in [-0.05, 0) is 43.2 Å². The molecular formula is C24H28N2O4S. The van der Waals surface area contributed by atoms with Crippen molar-refractivity contribution in [2.45, 2.75) is 43.5 Å². The Morgan fingerprint density at radius 1 is 1.00 bits per heavy atom. The molecule has 2 aromatic rings. The molecule has 2 aliphatic heterocycles. The van der Waals surface area contributed by atoms with E-state index in [1.165, 1.54) is 5.56 Å². The Hall–Kier alpha value is -2.51. The molecule has 2 aliphatic rings. The highest BCUT2D eigenvalue weighted by atomic mass is 32.2. The summed E-state index contributed by atoms with van der Waals surface area (Å²) < 4.78 is 33.3. The van der Waals surface area contributed by atoms with E-state index in [9.17, 15) is 13.2 Å². The summed E-state index contributed by atoms with van der Waals surface area (Å²) in [6.45, 7) is 1.11. The van der Waals surface area contributed by atoms with Gasteiger partial charge in [0.05, 0.1) is 12.6 Å². The third-order valence-corrected chi connectivity index (χ3v) is 7.81. The van der Waals surface area contributed by atoms with Crippen LogP contribution in [0.1, 0.15) is 42.1 Å². The molecule has 0 N–H and O–H groups in total. The standard InChI is InChI=1S/C24H28N2O4S/c27-24-22(25-16-8-7-12-19-10-3-1-4-11-19)23(20-13-5-2-6-14-20)31(28,29)26(24)18-21-15-9-17-30-21/h1-6,10-11,13-14,21,23H,7-9,12,15-18H2. The Balaban J connectivity index is 1.51. The van der Waals surface area contributed by atoms with E-state index in [1.54, 1.807) is 24.3 Å². The first-order chi connectivity index (χ1) is 15.1. The quantitative estimate of drug-likeness (QED) is 0.589. The van der Waals surface area contributed by atoms with Crippen molar-refractivity contribution in [2.24, 2.45) is 4.99 Å². The van der Waals surface area contributed by atoms with Gasteiger partial charge in [-0.25, -0.2) is 12.7 Å². The van der Waals surface area contributed by atoms with Gasteiger partial charge in [-0.2, -0.15) is 0 Å². The van der Waals surface area contributed by atoms with Gasteiger partial charge in [-0.3, -0.25) is 9.79 Å². The molecule has 164 valence electrons. The first-order valence-corrected chi connectivity index (χ1v) is 12.4.